The van der Waals surface area contributed by atoms with Crippen LogP contribution in [0.15, 0.2) is 40.0 Å². The van der Waals surface area contributed by atoms with Crippen LogP contribution in [0.3, 0.4) is 0 Å². The van der Waals surface area contributed by atoms with Gasteiger partial charge in [-0.3, -0.25) is 9.71 Å². The van der Waals surface area contributed by atoms with Crippen molar-refractivity contribution in [1.29, 1.82) is 0 Å². The number of anilines is 2. The highest BCUT2D eigenvalue weighted by Gasteiger charge is 2.25. The molecule has 3 heterocycles. The fourth-order valence-electron chi connectivity index (χ4n) is 3.17. The van der Waals surface area contributed by atoms with E-state index < -0.39 is 10.0 Å². The lowest BCUT2D eigenvalue weighted by atomic mass is 10.0. The van der Waals surface area contributed by atoms with Crippen LogP contribution in [-0.4, -0.2) is 56.5 Å². The fourth-order valence-corrected chi connectivity index (χ4v) is 4.50. The van der Waals surface area contributed by atoms with Crippen molar-refractivity contribution in [3.8, 4) is 0 Å². The number of aromatic nitrogens is 2. The lowest BCUT2D eigenvalue weighted by molar-refractivity contribution is 0.249. The summed E-state index contributed by atoms with van der Waals surface area (Å²) in [6.45, 7) is 3.48. The summed E-state index contributed by atoms with van der Waals surface area (Å²) in [6.07, 6.45) is 5.08. The molecular formula is C18H24BrN5O2S. The first-order chi connectivity index (χ1) is 12.8. The van der Waals surface area contributed by atoms with Crippen molar-refractivity contribution in [2.45, 2.75) is 30.7 Å². The molecule has 3 rings (SSSR count). The monoisotopic (exact) mass is 453 g/mol. The molecule has 7 nitrogen and oxygen atoms in total. The van der Waals surface area contributed by atoms with E-state index in [1.54, 1.807) is 24.4 Å². The van der Waals surface area contributed by atoms with Gasteiger partial charge in [-0.2, -0.15) is 0 Å². The maximum Gasteiger partial charge on any atom is 0.263 e. The SMILES string of the molecule is Cc1ccc(S(=O)(=O)Nc2cc(Br)cnc2N2CCC(N(C)C)CC2)cn1. The molecule has 2 aromatic heterocycles. The highest BCUT2D eigenvalue weighted by molar-refractivity contribution is 9.10. The molecule has 0 aliphatic carbocycles. The first-order valence-corrected chi connectivity index (χ1v) is 11.1. The molecule has 0 saturated carbocycles. The van der Waals surface area contributed by atoms with Gasteiger partial charge < -0.3 is 9.80 Å². The molecule has 0 spiro atoms. The van der Waals surface area contributed by atoms with Crippen molar-refractivity contribution >= 4 is 37.5 Å². The number of rotatable bonds is 5. The highest BCUT2D eigenvalue weighted by Crippen LogP contribution is 2.31. The Morgan fingerprint density at radius 1 is 1.19 bits per heavy atom. The minimum atomic E-state index is -3.74. The van der Waals surface area contributed by atoms with Crippen LogP contribution < -0.4 is 9.62 Å². The fraction of sp³-hybridized carbons (Fsp3) is 0.444. The molecule has 0 radical (unpaired) electrons. The van der Waals surface area contributed by atoms with Crippen LogP contribution in [0.1, 0.15) is 18.5 Å². The third-order valence-electron chi connectivity index (χ3n) is 4.77. The zero-order chi connectivity index (χ0) is 19.6. The Morgan fingerprint density at radius 2 is 1.89 bits per heavy atom. The third kappa shape index (κ3) is 4.77. The topological polar surface area (TPSA) is 78.4 Å². The van der Waals surface area contributed by atoms with Gasteiger partial charge in [-0.1, -0.05) is 0 Å². The molecule has 0 aromatic carbocycles. The van der Waals surface area contributed by atoms with Crippen molar-refractivity contribution in [2.75, 3.05) is 36.8 Å². The molecule has 0 amide bonds. The molecule has 2 aromatic rings. The molecular weight excluding hydrogens is 430 g/mol. The van der Waals surface area contributed by atoms with Gasteiger partial charge in [0, 0.05) is 41.7 Å². The van der Waals surface area contributed by atoms with Crippen molar-refractivity contribution in [1.82, 2.24) is 14.9 Å². The molecule has 0 unspecified atom stereocenters. The predicted octanol–water partition coefficient (Wildman–Crippen LogP) is 2.88. The Balaban J connectivity index is 1.85. The Kier molecular flexibility index (Phi) is 6.02. The molecule has 0 bridgehead atoms. The molecule has 1 fully saturated rings. The molecule has 0 atom stereocenters. The Labute approximate surface area is 169 Å². The molecule has 27 heavy (non-hydrogen) atoms. The van der Waals surface area contributed by atoms with E-state index in [1.807, 2.05) is 6.92 Å². The van der Waals surface area contributed by atoms with Crippen molar-refractivity contribution in [2.24, 2.45) is 0 Å². The summed E-state index contributed by atoms with van der Waals surface area (Å²) in [7, 11) is 0.441. The largest absolute Gasteiger partial charge is 0.355 e. The summed E-state index contributed by atoms with van der Waals surface area (Å²) in [5.74, 6) is 0.652. The van der Waals surface area contributed by atoms with E-state index in [-0.39, 0.29) is 4.90 Å². The van der Waals surface area contributed by atoms with E-state index in [4.69, 9.17) is 0 Å². The van der Waals surface area contributed by atoms with Gasteiger partial charge in [0.15, 0.2) is 5.82 Å². The summed E-state index contributed by atoms with van der Waals surface area (Å²) < 4.78 is 29.0. The van der Waals surface area contributed by atoms with Crippen LogP contribution in [0, 0.1) is 6.92 Å². The van der Waals surface area contributed by atoms with Crippen LogP contribution in [0.5, 0.6) is 0 Å². The van der Waals surface area contributed by atoms with Gasteiger partial charge in [-0.15, -0.1) is 0 Å². The second-order valence-corrected chi connectivity index (χ2v) is 9.55. The predicted molar refractivity (Wildman–Crippen MR) is 111 cm³/mol. The van der Waals surface area contributed by atoms with Crippen LogP contribution in [0.4, 0.5) is 11.5 Å². The molecule has 1 saturated heterocycles. The standard InChI is InChI=1S/C18H24BrN5O2S/c1-13-4-5-16(12-20-13)27(25,26)22-17-10-14(19)11-21-18(17)24-8-6-15(7-9-24)23(2)3/h4-5,10-12,15,22H,6-9H2,1-3H3. The Morgan fingerprint density at radius 3 is 2.48 bits per heavy atom. The van der Waals surface area contributed by atoms with E-state index in [1.165, 1.54) is 6.20 Å². The second kappa shape index (κ2) is 8.12. The summed E-state index contributed by atoms with van der Waals surface area (Å²) in [6, 6.07) is 5.52. The first kappa shape index (κ1) is 20.0. The van der Waals surface area contributed by atoms with E-state index in [9.17, 15) is 8.42 Å². The number of hydrogen-bond donors (Lipinski definition) is 1. The first-order valence-electron chi connectivity index (χ1n) is 8.78. The van der Waals surface area contributed by atoms with Crippen LogP contribution >= 0.6 is 15.9 Å². The number of sulfonamides is 1. The molecule has 146 valence electrons. The van der Waals surface area contributed by atoms with Crippen LogP contribution in [0.25, 0.3) is 0 Å². The van der Waals surface area contributed by atoms with E-state index in [2.05, 4.69) is 54.5 Å². The van der Waals surface area contributed by atoms with E-state index in [0.29, 0.717) is 22.0 Å². The molecule has 9 heteroatoms. The molecule has 1 aliphatic heterocycles. The third-order valence-corrected chi connectivity index (χ3v) is 6.55. The average Bonchev–Trinajstić information content (AvgIpc) is 2.62. The summed E-state index contributed by atoms with van der Waals surface area (Å²) in [5.41, 5.74) is 1.23. The van der Waals surface area contributed by atoms with Crippen molar-refractivity contribution in [3.63, 3.8) is 0 Å². The lowest BCUT2D eigenvalue weighted by Crippen LogP contribution is -2.42. The smallest absolute Gasteiger partial charge is 0.263 e. The summed E-state index contributed by atoms with van der Waals surface area (Å²) >= 11 is 3.39. The molecule has 1 aliphatic rings. The number of nitrogens with one attached hydrogen (secondary N) is 1. The normalized spacial score (nSPS) is 16.0. The number of aryl methyl sites for hydroxylation is 1. The average molecular weight is 454 g/mol. The zero-order valence-corrected chi connectivity index (χ0v) is 18.1. The number of nitrogens with zero attached hydrogens (tertiary/aromatic N) is 4. The number of halogens is 1. The Hall–Kier alpha value is -1.71. The van der Waals surface area contributed by atoms with Crippen molar-refractivity contribution in [3.05, 3.63) is 40.8 Å². The van der Waals surface area contributed by atoms with Crippen LogP contribution in [-0.2, 0) is 10.0 Å². The van der Waals surface area contributed by atoms with Gasteiger partial charge in [0.25, 0.3) is 10.0 Å². The van der Waals surface area contributed by atoms with E-state index >= 15 is 0 Å². The number of hydrogen-bond acceptors (Lipinski definition) is 6. The Bertz CT molecular complexity index is 894. The second-order valence-electron chi connectivity index (χ2n) is 6.95. The van der Waals surface area contributed by atoms with Gasteiger partial charge >= 0.3 is 0 Å². The van der Waals surface area contributed by atoms with Gasteiger partial charge in [0.05, 0.1) is 5.69 Å². The zero-order valence-electron chi connectivity index (χ0n) is 15.7. The highest BCUT2D eigenvalue weighted by atomic mass is 79.9. The maximum absolute atomic E-state index is 12.8. The summed E-state index contributed by atoms with van der Waals surface area (Å²) in [4.78, 5) is 13.1. The lowest BCUT2D eigenvalue weighted by Gasteiger charge is -2.36. The van der Waals surface area contributed by atoms with Gasteiger partial charge in [0.1, 0.15) is 4.90 Å². The van der Waals surface area contributed by atoms with Gasteiger partial charge in [-0.05, 0) is 68.0 Å². The van der Waals surface area contributed by atoms with Crippen molar-refractivity contribution < 1.29 is 8.42 Å². The summed E-state index contributed by atoms with van der Waals surface area (Å²) in [5, 5.41) is 0. The van der Waals surface area contributed by atoms with Gasteiger partial charge in [-0.25, -0.2) is 13.4 Å². The number of pyridine rings is 2. The molecule has 1 N–H and O–H groups in total. The van der Waals surface area contributed by atoms with Crippen LogP contribution in [0.2, 0.25) is 0 Å². The maximum atomic E-state index is 12.8. The van der Waals surface area contributed by atoms with E-state index in [0.717, 1.165) is 31.6 Å². The number of piperidine rings is 1. The minimum Gasteiger partial charge on any atom is -0.355 e. The quantitative estimate of drug-likeness (QED) is 0.749. The van der Waals surface area contributed by atoms with Gasteiger partial charge in [0.2, 0.25) is 0 Å². The minimum absolute atomic E-state index is 0.130.